The molecule has 3 heterocycles. The van der Waals surface area contributed by atoms with Gasteiger partial charge in [-0.2, -0.15) is 0 Å². The molecule has 1 aliphatic rings. The Morgan fingerprint density at radius 3 is 2.46 bits per heavy atom. The highest BCUT2D eigenvalue weighted by molar-refractivity contribution is 7.25. The van der Waals surface area contributed by atoms with E-state index in [-0.39, 0.29) is 12.3 Å². The Hall–Kier alpha value is -4.16. The molecule has 8 rings (SSSR count). The topological polar surface area (TPSA) is 49.6 Å². The number of para-hydroxylation sites is 1. The standard InChI is InChI=1S/C33H22ClN3OS/c34-25-13-6-11-23-29-24(12-7-14-26(29)38-30(23)25)33-36-31(19-8-2-1-3-9-19)35-32(37-33)20-16-17-22-21-10-4-5-15-27(21)39-28(22)18-20/h1-18,31,33,36H,(H,35,37). The lowest BCUT2D eigenvalue weighted by Crippen LogP contribution is -2.45. The summed E-state index contributed by atoms with van der Waals surface area (Å²) >= 11 is 8.32. The number of rotatable bonds is 3. The molecule has 0 saturated carbocycles. The molecule has 2 unspecified atom stereocenters. The molecular formula is C33H22ClN3OS. The van der Waals surface area contributed by atoms with Gasteiger partial charge in [0.25, 0.3) is 0 Å². The number of furan rings is 1. The summed E-state index contributed by atoms with van der Waals surface area (Å²) in [6.07, 6.45) is -0.424. The van der Waals surface area contributed by atoms with Crippen LogP contribution in [0.4, 0.5) is 0 Å². The van der Waals surface area contributed by atoms with Crippen LogP contribution in [0.5, 0.6) is 0 Å². The first-order valence-corrected chi connectivity index (χ1v) is 14.1. The molecule has 188 valence electrons. The van der Waals surface area contributed by atoms with Gasteiger partial charge in [0.05, 0.1) is 5.02 Å². The number of nitrogens with zero attached hydrogens (tertiary/aromatic N) is 1. The van der Waals surface area contributed by atoms with Crippen molar-refractivity contribution < 1.29 is 4.42 Å². The van der Waals surface area contributed by atoms with E-state index in [9.17, 15) is 0 Å². The molecule has 0 radical (unpaired) electrons. The highest BCUT2D eigenvalue weighted by Crippen LogP contribution is 2.39. The SMILES string of the molecule is Clc1cccc2c1oc1cccc(C3NC(c4ccc5c(c4)sc4ccccc45)=NC(c4ccccc4)N3)c12. The second-order valence-electron chi connectivity index (χ2n) is 9.78. The molecule has 1 aliphatic heterocycles. The van der Waals surface area contributed by atoms with Crippen molar-refractivity contribution >= 4 is 70.9 Å². The van der Waals surface area contributed by atoms with Gasteiger partial charge in [-0.15, -0.1) is 11.3 Å². The molecular weight excluding hydrogens is 522 g/mol. The highest BCUT2D eigenvalue weighted by Gasteiger charge is 2.28. The van der Waals surface area contributed by atoms with Crippen molar-refractivity contribution in [2.45, 2.75) is 12.3 Å². The fraction of sp³-hybridized carbons (Fsp3) is 0.0606. The third-order valence-corrected chi connectivity index (χ3v) is 8.88. The zero-order chi connectivity index (χ0) is 25.9. The maximum Gasteiger partial charge on any atom is 0.154 e. The lowest BCUT2D eigenvalue weighted by Gasteiger charge is -2.32. The van der Waals surface area contributed by atoms with Gasteiger partial charge in [-0.1, -0.05) is 96.5 Å². The maximum atomic E-state index is 6.51. The molecule has 4 nitrogen and oxygen atoms in total. The van der Waals surface area contributed by atoms with Gasteiger partial charge in [-0.3, -0.25) is 5.32 Å². The first-order chi connectivity index (χ1) is 19.2. The number of hydrogen-bond acceptors (Lipinski definition) is 5. The Labute approximate surface area is 233 Å². The molecule has 0 saturated heterocycles. The molecule has 39 heavy (non-hydrogen) atoms. The first kappa shape index (κ1) is 22.8. The lowest BCUT2D eigenvalue weighted by molar-refractivity contribution is 0.411. The summed E-state index contributed by atoms with van der Waals surface area (Å²) in [7, 11) is 0. The third kappa shape index (κ3) is 3.73. The molecule has 6 heteroatoms. The van der Waals surface area contributed by atoms with Gasteiger partial charge in [0.1, 0.15) is 23.8 Å². The van der Waals surface area contributed by atoms with Gasteiger partial charge in [0, 0.05) is 42.1 Å². The molecule has 0 amide bonds. The average Bonchev–Trinajstić information content (AvgIpc) is 3.56. The first-order valence-electron chi connectivity index (χ1n) is 12.9. The van der Waals surface area contributed by atoms with Gasteiger partial charge < -0.3 is 9.73 Å². The summed E-state index contributed by atoms with van der Waals surface area (Å²) in [6.45, 7) is 0. The number of hydrogen-bond donors (Lipinski definition) is 2. The quantitative estimate of drug-likeness (QED) is 0.234. The van der Waals surface area contributed by atoms with Gasteiger partial charge in [-0.25, -0.2) is 4.99 Å². The van der Waals surface area contributed by atoms with E-state index in [0.29, 0.717) is 10.6 Å². The van der Waals surface area contributed by atoms with Crippen LogP contribution in [-0.4, -0.2) is 5.84 Å². The molecule has 2 N–H and O–H groups in total. The van der Waals surface area contributed by atoms with Crippen molar-refractivity contribution in [3.8, 4) is 0 Å². The fourth-order valence-electron chi connectivity index (χ4n) is 5.63. The minimum atomic E-state index is -0.220. The van der Waals surface area contributed by atoms with E-state index in [0.717, 1.165) is 38.9 Å². The van der Waals surface area contributed by atoms with Crippen molar-refractivity contribution in [3.63, 3.8) is 0 Å². The van der Waals surface area contributed by atoms with Crippen LogP contribution < -0.4 is 10.6 Å². The summed E-state index contributed by atoms with van der Waals surface area (Å²) in [5, 5.41) is 12.7. The number of thiophene rings is 1. The minimum absolute atomic E-state index is 0.204. The predicted molar refractivity (Wildman–Crippen MR) is 163 cm³/mol. The van der Waals surface area contributed by atoms with Gasteiger partial charge in [0.2, 0.25) is 0 Å². The van der Waals surface area contributed by atoms with Gasteiger partial charge >= 0.3 is 0 Å². The Morgan fingerprint density at radius 2 is 1.54 bits per heavy atom. The Morgan fingerprint density at radius 1 is 0.744 bits per heavy atom. The van der Waals surface area contributed by atoms with Crippen molar-refractivity contribution in [1.29, 1.82) is 0 Å². The summed E-state index contributed by atoms with van der Waals surface area (Å²) in [4.78, 5) is 5.16. The zero-order valence-electron chi connectivity index (χ0n) is 20.7. The van der Waals surface area contributed by atoms with Crippen LogP contribution in [-0.2, 0) is 0 Å². The summed E-state index contributed by atoms with van der Waals surface area (Å²) in [5.41, 5.74) is 4.78. The predicted octanol–water partition coefficient (Wildman–Crippen LogP) is 8.94. The number of benzene rings is 5. The van der Waals surface area contributed by atoms with Crippen molar-refractivity contribution in [2.24, 2.45) is 4.99 Å². The Kier molecular flexibility index (Phi) is 5.23. The summed E-state index contributed by atoms with van der Waals surface area (Å²) in [5.74, 6) is 0.856. The van der Waals surface area contributed by atoms with E-state index in [4.69, 9.17) is 21.0 Å². The van der Waals surface area contributed by atoms with Crippen LogP contribution in [0, 0.1) is 0 Å². The number of amidine groups is 1. The number of nitrogens with one attached hydrogen (secondary N) is 2. The molecule has 2 aromatic heterocycles. The normalized spacial score (nSPS) is 17.6. The number of fused-ring (bicyclic) bond motifs is 6. The van der Waals surface area contributed by atoms with Crippen LogP contribution in [0.15, 0.2) is 119 Å². The highest BCUT2D eigenvalue weighted by atomic mass is 35.5. The zero-order valence-corrected chi connectivity index (χ0v) is 22.3. The molecule has 0 bridgehead atoms. The van der Waals surface area contributed by atoms with E-state index < -0.39 is 0 Å². The third-order valence-electron chi connectivity index (χ3n) is 7.45. The van der Waals surface area contributed by atoms with E-state index in [2.05, 4.69) is 89.5 Å². The molecule has 0 fully saturated rings. The van der Waals surface area contributed by atoms with Crippen molar-refractivity contribution in [1.82, 2.24) is 10.6 Å². The Bertz CT molecular complexity index is 2060. The van der Waals surface area contributed by atoms with Crippen LogP contribution in [0.1, 0.15) is 29.0 Å². The maximum absolute atomic E-state index is 6.51. The average molecular weight is 544 g/mol. The summed E-state index contributed by atoms with van der Waals surface area (Å²) in [6, 6.07) is 37.7. The summed E-state index contributed by atoms with van der Waals surface area (Å²) < 4.78 is 8.74. The van der Waals surface area contributed by atoms with E-state index in [1.165, 1.54) is 20.2 Å². The monoisotopic (exact) mass is 543 g/mol. The Balaban J connectivity index is 1.29. The number of aliphatic imine (C=N–C) groups is 1. The van der Waals surface area contributed by atoms with Gasteiger partial charge in [-0.05, 0) is 29.8 Å². The smallest absolute Gasteiger partial charge is 0.154 e. The van der Waals surface area contributed by atoms with Crippen LogP contribution in [0.3, 0.4) is 0 Å². The molecule has 7 aromatic rings. The van der Waals surface area contributed by atoms with Crippen molar-refractivity contribution in [2.75, 3.05) is 0 Å². The van der Waals surface area contributed by atoms with Crippen LogP contribution in [0.25, 0.3) is 42.1 Å². The minimum Gasteiger partial charge on any atom is -0.454 e. The molecule has 0 spiro atoms. The van der Waals surface area contributed by atoms with Crippen LogP contribution >= 0.6 is 22.9 Å². The molecule has 5 aromatic carbocycles. The largest absolute Gasteiger partial charge is 0.454 e. The molecule has 0 aliphatic carbocycles. The molecule has 2 atom stereocenters. The van der Waals surface area contributed by atoms with Gasteiger partial charge in [0.15, 0.2) is 5.58 Å². The van der Waals surface area contributed by atoms with Crippen molar-refractivity contribution in [3.05, 3.63) is 131 Å². The lowest BCUT2D eigenvalue weighted by atomic mass is 10.0. The second kappa shape index (κ2) is 8.95. The van der Waals surface area contributed by atoms with E-state index in [1.807, 2.05) is 41.7 Å². The van der Waals surface area contributed by atoms with Crippen LogP contribution in [0.2, 0.25) is 5.02 Å². The fourth-order valence-corrected chi connectivity index (χ4v) is 6.98. The number of halogens is 1. The van der Waals surface area contributed by atoms with E-state index in [1.54, 1.807) is 0 Å². The van der Waals surface area contributed by atoms with E-state index >= 15 is 0 Å². The second-order valence-corrected chi connectivity index (χ2v) is 11.3.